The van der Waals surface area contributed by atoms with Gasteiger partial charge in [0.05, 0.1) is 0 Å². The SMILES string of the molecule is NC(=O)O.NC(=O)O.[Pd]. The minimum Gasteiger partial charge on any atom is -0.465 e. The second kappa shape index (κ2) is 10.2. The van der Waals surface area contributed by atoms with Gasteiger partial charge in [-0.2, -0.15) is 0 Å². The first-order valence-electron chi connectivity index (χ1n) is 1.43. The summed E-state index contributed by atoms with van der Waals surface area (Å²) in [7, 11) is 0. The van der Waals surface area contributed by atoms with E-state index in [0.29, 0.717) is 0 Å². The molecular weight excluding hydrogens is 222 g/mol. The van der Waals surface area contributed by atoms with Crippen molar-refractivity contribution >= 4 is 12.2 Å². The maximum absolute atomic E-state index is 8.78. The van der Waals surface area contributed by atoms with Gasteiger partial charge in [-0.25, -0.2) is 9.59 Å². The quantitative estimate of drug-likeness (QED) is 0.407. The summed E-state index contributed by atoms with van der Waals surface area (Å²) in [6.45, 7) is 0. The van der Waals surface area contributed by atoms with Gasteiger partial charge in [0.15, 0.2) is 0 Å². The smallest absolute Gasteiger partial charge is 0.402 e. The van der Waals surface area contributed by atoms with Crippen molar-refractivity contribution in [2.75, 3.05) is 0 Å². The van der Waals surface area contributed by atoms with Gasteiger partial charge in [0, 0.05) is 20.4 Å². The van der Waals surface area contributed by atoms with E-state index in [1.54, 1.807) is 0 Å². The number of rotatable bonds is 0. The van der Waals surface area contributed by atoms with Gasteiger partial charge in [0.1, 0.15) is 0 Å². The van der Waals surface area contributed by atoms with Crippen LogP contribution in [-0.2, 0) is 20.4 Å². The first-order valence-corrected chi connectivity index (χ1v) is 1.43. The van der Waals surface area contributed by atoms with E-state index in [-0.39, 0.29) is 20.4 Å². The zero-order valence-corrected chi connectivity index (χ0v) is 5.74. The van der Waals surface area contributed by atoms with Crippen LogP contribution in [0.1, 0.15) is 0 Å². The molecule has 0 aliphatic carbocycles. The van der Waals surface area contributed by atoms with Crippen LogP contribution in [-0.4, -0.2) is 22.4 Å². The number of hydrogen-bond acceptors (Lipinski definition) is 2. The normalized spacial score (nSPS) is 5.33. The summed E-state index contributed by atoms with van der Waals surface area (Å²) in [6.07, 6.45) is -2.67. The van der Waals surface area contributed by atoms with Gasteiger partial charge in [0.25, 0.3) is 0 Å². The molecule has 58 valence electrons. The monoisotopic (exact) mass is 228 g/mol. The largest absolute Gasteiger partial charge is 0.465 e. The predicted molar refractivity (Wildman–Crippen MR) is 24.4 cm³/mol. The number of hydrogen-bond donors (Lipinski definition) is 4. The van der Waals surface area contributed by atoms with Gasteiger partial charge in [-0.05, 0) is 0 Å². The van der Waals surface area contributed by atoms with Crippen molar-refractivity contribution in [2.24, 2.45) is 11.5 Å². The minimum atomic E-state index is -1.33. The number of primary amides is 2. The molecule has 0 radical (unpaired) electrons. The Morgan fingerprint density at radius 3 is 1.00 bits per heavy atom. The van der Waals surface area contributed by atoms with Crippen molar-refractivity contribution < 1.29 is 40.2 Å². The Morgan fingerprint density at radius 2 is 1.00 bits per heavy atom. The van der Waals surface area contributed by atoms with Crippen LogP contribution >= 0.6 is 0 Å². The molecule has 0 heterocycles. The van der Waals surface area contributed by atoms with Gasteiger partial charge in [-0.15, -0.1) is 0 Å². The van der Waals surface area contributed by atoms with Crippen LogP contribution in [0.25, 0.3) is 0 Å². The van der Waals surface area contributed by atoms with Crippen LogP contribution in [0.15, 0.2) is 0 Å². The molecule has 0 aromatic carbocycles. The van der Waals surface area contributed by atoms with E-state index in [2.05, 4.69) is 11.5 Å². The third-order valence-electron chi connectivity index (χ3n) is 0. The molecule has 0 bridgehead atoms. The predicted octanol–water partition coefficient (Wildman–Crippen LogP) is -0.756. The molecule has 0 unspecified atom stereocenters. The molecule has 6 nitrogen and oxygen atoms in total. The summed E-state index contributed by atoms with van der Waals surface area (Å²) in [5, 5.41) is 14.4. The van der Waals surface area contributed by atoms with E-state index in [0.717, 1.165) is 0 Å². The third-order valence-corrected chi connectivity index (χ3v) is 0. The van der Waals surface area contributed by atoms with Gasteiger partial charge in [0.2, 0.25) is 0 Å². The van der Waals surface area contributed by atoms with Crippen LogP contribution in [0.3, 0.4) is 0 Å². The molecular formula is C2H6N2O4Pd. The van der Waals surface area contributed by atoms with Crippen molar-refractivity contribution in [3.63, 3.8) is 0 Å². The van der Waals surface area contributed by atoms with Crippen LogP contribution in [0.2, 0.25) is 0 Å². The Bertz CT molecular complexity index is 74.6. The van der Waals surface area contributed by atoms with Gasteiger partial charge in [-0.3, -0.25) is 0 Å². The summed E-state index contributed by atoms with van der Waals surface area (Å²) in [5.41, 5.74) is 8.06. The molecule has 6 N–H and O–H groups in total. The summed E-state index contributed by atoms with van der Waals surface area (Å²) in [4.78, 5) is 17.6. The molecule has 0 aromatic heterocycles. The minimum absolute atomic E-state index is 0. The fraction of sp³-hybridized carbons (Fsp3) is 0. The van der Waals surface area contributed by atoms with Crippen LogP contribution < -0.4 is 11.5 Å². The summed E-state index contributed by atoms with van der Waals surface area (Å²) >= 11 is 0. The molecule has 0 saturated carbocycles. The number of carboxylic acid groups (broad SMARTS) is 2. The van der Waals surface area contributed by atoms with Crippen molar-refractivity contribution in [3.05, 3.63) is 0 Å². The van der Waals surface area contributed by atoms with E-state index < -0.39 is 12.2 Å². The van der Waals surface area contributed by atoms with E-state index >= 15 is 0 Å². The van der Waals surface area contributed by atoms with E-state index in [9.17, 15) is 0 Å². The Hall–Kier alpha value is -0.798. The molecule has 0 spiro atoms. The van der Waals surface area contributed by atoms with Crippen LogP contribution in [0, 0.1) is 0 Å². The Labute approximate surface area is 64.5 Å². The summed E-state index contributed by atoms with van der Waals surface area (Å²) in [6, 6.07) is 0. The molecule has 0 aliphatic rings. The first-order chi connectivity index (χ1) is 3.46. The zero-order valence-electron chi connectivity index (χ0n) is 4.18. The van der Waals surface area contributed by atoms with Gasteiger partial charge < -0.3 is 21.7 Å². The number of amides is 2. The molecule has 0 aliphatic heterocycles. The second-order valence-electron chi connectivity index (χ2n) is 0.676. The molecule has 0 atom stereocenters. The van der Waals surface area contributed by atoms with Crippen molar-refractivity contribution in [2.45, 2.75) is 0 Å². The average molecular weight is 228 g/mol. The molecule has 7 heteroatoms. The first kappa shape index (κ1) is 15.7. The maximum Gasteiger partial charge on any atom is 0.402 e. The average Bonchev–Trinajstić information content (AvgIpc) is 1.25. The molecule has 2 amide bonds. The number of nitrogens with two attached hydrogens (primary N) is 2. The van der Waals surface area contributed by atoms with E-state index in [1.807, 2.05) is 0 Å². The summed E-state index contributed by atoms with van der Waals surface area (Å²) in [5.74, 6) is 0. The Kier molecular flexibility index (Phi) is 17.9. The topological polar surface area (TPSA) is 127 Å². The van der Waals surface area contributed by atoms with Crippen LogP contribution in [0.4, 0.5) is 9.59 Å². The third kappa shape index (κ3) is 306. The molecule has 0 saturated heterocycles. The van der Waals surface area contributed by atoms with Gasteiger partial charge >= 0.3 is 12.2 Å². The molecule has 0 fully saturated rings. The fourth-order valence-corrected chi connectivity index (χ4v) is 0. The van der Waals surface area contributed by atoms with Crippen molar-refractivity contribution in [1.82, 2.24) is 0 Å². The zero-order chi connectivity index (χ0) is 7.15. The van der Waals surface area contributed by atoms with E-state index in [1.165, 1.54) is 0 Å². The second-order valence-corrected chi connectivity index (χ2v) is 0.676. The Morgan fingerprint density at radius 1 is 1.00 bits per heavy atom. The van der Waals surface area contributed by atoms with Gasteiger partial charge in [-0.1, -0.05) is 0 Å². The Balaban J connectivity index is -0.0000000720. The molecule has 0 rings (SSSR count). The van der Waals surface area contributed by atoms with Crippen molar-refractivity contribution in [3.8, 4) is 0 Å². The molecule has 9 heavy (non-hydrogen) atoms. The van der Waals surface area contributed by atoms with Crippen LogP contribution in [0.5, 0.6) is 0 Å². The van der Waals surface area contributed by atoms with Crippen molar-refractivity contribution in [1.29, 1.82) is 0 Å². The summed E-state index contributed by atoms with van der Waals surface area (Å²) < 4.78 is 0. The maximum atomic E-state index is 8.78. The fourth-order valence-electron chi connectivity index (χ4n) is 0. The molecule has 0 aromatic rings. The number of carbonyl (C=O) groups is 2. The standard InChI is InChI=1S/2CH3NO2.Pd/c2*2-1(3)4;/h2*2H2,(H,3,4);. The van der Waals surface area contributed by atoms with E-state index in [4.69, 9.17) is 19.8 Å².